The molecule has 0 aromatic heterocycles. The van der Waals surface area contributed by atoms with Crippen molar-refractivity contribution >= 4 is 5.91 Å². The molecule has 1 aliphatic carbocycles. The smallest absolute Gasteiger partial charge is 0.237 e. The zero-order valence-corrected chi connectivity index (χ0v) is 9.36. The van der Waals surface area contributed by atoms with E-state index >= 15 is 0 Å². The van der Waals surface area contributed by atoms with E-state index in [1.165, 1.54) is 12.1 Å². The first kappa shape index (κ1) is 11.9. The number of rotatable bonds is 3. The van der Waals surface area contributed by atoms with Gasteiger partial charge in [0.1, 0.15) is 17.7 Å². The molecule has 1 saturated carbocycles. The molecule has 1 amide bonds. The highest BCUT2D eigenvalue weighted by atomic mass is 19.1. The van der Waals surface area contributed by atoms with Crippen molar-refractivity contribution in [1.82, 2.24) is 0 Å². The molecule has 4 N–H and O–H groups in total. The van der Waals surface area contributed by atoms with Gasteiger partial charge in [-0.3, -0.25) is 4.79 Å². The van der Waals surface area contributed by atoms with Crippen molar-refractivity contribution < 1.29 is 13.9 Å². The summed E-state index contributed by atoms with van der Waals surface area (Å²) in [5.74, 6) is -0.234. The molecule has 0 radical (unpaired) electrons. The van der Waals surface area contributed by atoms with Crippen LogP contribution in [0.3, 0.4) is 0 Å². The summed E-state index contributed by atoms with van der Waals surface area (Å²) in [5.41, 5.74) is 10.1. The number of nitrogens with two attached hydrogens (primary N) is 2. The van der Waals surface area contributed by atoms with E-state index in [1.54, 1.807) is 12.1 Å². The molecule has 4 nitrogen and oxygen atoms in total. The van der Waals surface area contributed by atoms with Crippen molar-refractivity contribution in [3.05, 3.63) is 30.1 Å². The first-order valence-corrected chi connectivity index (χ1v) is 5.51. The summed E-state index contributed by atoms with van der Waals surface area (Å²) >= 11 is 0. The number of primary amides is 1. The number of hydrogen-bond acceptors (Lipinski definition) is 3. The van der Waals surface area contributed by atoms with Crippen LogP contribution in [0.1, 0.15) is 19.3 Å². The van der Waals surface area contributed by atoms with Gasteiger partial charge in [-0.25, -0.2) is 4.39 Å². The van der Waals surface area contributed by atoms with E-state index in [4.69, 9.17) is 16.2 Å². The minimum atomic E-state index is -0.968. The highest BCUT2D eigenvalue weighted by Crippen LogP contribution is 2.30. The molecule has 1 fully saturated rings. The summed E-state index contributed by atoms with van der Waals surface area (Å²) in [5, 5.41) is 0. The average Bonchev–Trinajstić information content (AvgIpc) is 2.65. The van der Waals surface area contributed by atoms with E-state index in [1.807, 2.05) is 0 Å². The Labute approximate surface area is 98.7 Å². The lowest BCUT2D eigenvalue weighted by molar-refractivity contribution is -0.123. The van der Waals surface area contributed by atoms with E-state index in [0.29, 0.717) is 25.0 Å². The highest BCUT2D eigenvalue weighted by molar-refractivity contribution is 5.84. The molecule has 1 aromatic rings. The van der Waals surface area contributed by atoms with Crippen molar-refractivity contribution in [2.75, 3.05) is 0 Å². The standard InChI is InChI=1S/C12H15FN2O2/c13-8-1-3-9(4-2-8)17-10-5-6-12(15,7-10)11(14)16/h1-4,10H,5-7,15H2,(H2,14,16). The fourth-order valence-electron chi connectivity index (χ4n) is 2.06. The van der Waals surface area contributed by atoms with Gasteiger partial charge in [-0.1, -0.05) is 0 Å². The summed E-state index contributed by atoms with van der Waals surface area (Å²) < 4.78 is 18.3. The first-order valence-electron chi connectivity index (χ1n) is 5.51. The van der Waals surface area contributed by atoms with Crippen molar-refractivity contribution in [1.29, 1.82) is 0 Å². The van der Waals surface area contributed by atoms with Crippen molar-refractivity contribution in [3.63, 3.8) is 0 Å². The molecule has 0 aliphatic heterocycles. The summed E-state index contributed by atoms with van der Waals surface area (Å²) in [6, 6.07) is 5.76. The molecule has 5 heteroatoms. The molecule has 2 rings (SSSR count). The second kappa shape index (κ2) is 4.33. The SMILES string of the molecule is NC(=O)C1(N)CCC(Oc2ccc(F)cc2)C1. The van der Waals surface area contributed by atoms with Crippen LogP contribution in [0.25, 0.3) is 0 Å². The number of carbonyl (C=O) groups excluding carboxylic acids is 1. The minimum Gasteiger partial charge on any atom is -0.490 e. The van der Waals surface area contributed by atoms with Crippen LogP contribution in [0, 0.1) is 5.82 Å². The molecule has 1 aromatic carbocycles. The monoisotopic (exact) mass is 238 g/mol. The van der Waals surface area contributed by atoms with Gasteiger partial charge < -0.3 is 16.2 Å². The van der Waals surface area contributed by atoms with Crippen molar-refractivity contribution in [2.24, 2.45) is 11.5 Å². The Morgan fingerprint density at radius 3 is 2.59 bits per heavy atom. The fraction of sp³-hybridized carbons (Fsp3) is 0.417. The third kappa shape index (κ3) is 2.55. The quantitative estimate of drug-likeness (QED) is 0.822. The second-order valence-electron chi connectivity index (χ2n) is 4.46. The van der Waals surface area contributed by atoms with Gasteiger partial charge in [0.25, 0.3) is 0 Å². The Morgan fingerprint density at radius 1 is 1.41 bits per heavy atom. The van der Waals surface area contributed by atoms with Crippen LogP contribution >= 0.6 is 0 Å². The number of ether oxygens (including phenoxy) is 1. The summed E-state index contributed by atoms with van der Waals surface area (Å²) in [6.07, 6.45) is 1.46. The second-order valence-corrected chi connectivity index (χ2v) is 4.46. The molecular formula is C12H15FN2O2. The lowest BCUT2D eigenvalue weighted by Crippen LogP contribution is -2.50. The van der Waals surface area contributed by atoms with Crippen LogP contribution in [0.2, 0.25) is 0 Å². The normalized spacial score (nSPS) is 28.0. The number of hydrogen-bond donors (Lipinski definition) is 2. The molecule has 1 aliphatic rings. The van der Waals surface area contributed by atoms with Crippen LogP contribution in [0.4, 0.5) is 4.39 Å². The molecule has 92 valence electrons. The summed E-state index contributed by atoms with van der Waals surface area (Å²) in [7, 11) is 0. The van der Waals surface area contributed by atoms with Gasteiger partial charge in [-0.05, 0) is 37.1 Å². The number of amides is 1. The van der Waals surface area contributed by atoms with Crippen LogP contribution in [0.15, 0.2) is 24.3 Å². The van der Waals surface area contributed by atoms with Crippen LogP contribution in [-0.2, 0) is 4.79 Å². The van der Waals surface area contributed by atoms with E-state index in [9.17, 15) is 9.18 Å². The zero-order valence-electron chi connectivity index (χ0n) is 9.36. The largest absolute Gasteiger partial charge is 0.490 e. The topological polar surface area (TPSA) is 78.3 Å². The number of benzene rings is 1. The maximum absolute atomic E-state index is 12.7. The number of carbonyl (C=O) groups is 1. The van der Waals surface area contributed by atoms with Gasteiger partial charge >= 0.3 is 0 Å². The summed E-state index contributed by atoms with van der Waals surface area (Å²) in [6.45, 7) is 0. The predicted molar refractivity (Wildman–Crippen MR) is 60.8 cm³/mol. The molecule has 0 bridgehead atoms. The van der Waals surface area contributed by atoms with Gasteiger partial charge in [-0.15, -0.1) is 0 Å². The third-order valence-corrected chi connectivity index (χ3v) is 3.11. The Morgan fingerprint density at radius 2 is 2.06 bits per heavy atom. The highest BCUT2D eigenvalue weighted by Gasteiger charge is 2.41. The molecule has 0 saturated heterocycles. The van der Waals surface area contributed by atoms with Gasteiger partial charge in [0, 0.05) is 6.42 Å². The minimum absolute atomic E-state index is 0.141. The van der Waals surface area contributed by atoms with E-state index in [0.717, 1.165) is 0 Å². The van der Waals surface area contributed by atoms with Crippen LogP contribution < -0.4 is 16.2 Å². The van der Waals surface area contributed by atoms with E-state index in [2.05, 4.69) is 0 Å². The fourth-order valence-corrected chi connectivity index (χ4v) is 2.06. The van der Waals surface area contributed by atoms with Gasteiger partial charge in [-0.2, -0.15) is 0 Å². The lowest BCUT2D eigenvalue weighted by Gasteiger charge is -2.19. The van der Waals surface area contributed by atoms with Gasteiger partial charge in [0.15, 0.2) is 0 Å². The van der Waals surface area contributed by atoms with Crippen molar-refractivity contribution in [3.8, 4) is 5.75 Å². The Balaban J connectivity index is 1.98. The molecular weight excluding hydrogens is 223 g/mol. The van der Waals surface area contributed by atoms with Crippen LogP contribution in [-0.4, -0.2) is 17.6 Å². The molecule has 0 heterocycles. The third-order valence-electron chi connectivity index (χ3n) is 3.11. The lowest BCUT2D eigenvalue weighted by atomic mass is 9.99. The predicted octanol–water partition coefficient (Wildman–Crippen LogP) is 0.940. The Hall–Kier alpha value is -1.62. The number of halogens is 1. The molecule has 2 atom stereocenters. The molecule has 17 heavy (non-hydrogen) atoms. The van der Waals surface area contributed by atoms with Gasteiger partial charge in [0.2, 0.25) is 5.91 Å². The van der Waals surface area contributed by atoms with Gasteiger partial charge in [0.05, 0.1) is 5.54 Å². The molecule has 2 unspecified atom stereocenters. The average molecular weight is 238 g/mol. The Kier molecular flexibility index (Phi) is 3.02. The van der Waals surface area contributed by atoms with E-state index in [-0.39, 0.29) is 11.9 Å². The first-order chi connectivity index (χ1) is 7.99. The zero-order chi connectivity index (χ0) is 12.5. The van der Waals surface area contributed by atoms with Crippen molar-refractivity contribution in [2.45, 2.75) is 30.9 Å². The van der Waals surface area contributed by atoms with Crippen LogP contribution in [0.5, 0.6) is 5.75 Å². The molecule has 0 spiro atoms. The maximum atomic E-state index is 12.7. The Bertz CT molecular complexity index is 421. The maximum Gasteiger partial charge on any atom is 0.237 e. The van der Waals surface area contributed by atoms with E-state index < -0.39 is 11.4 Å². The summed E-state index contributed by atoms with van der Waals surface area (Å²) in [4.78, 5) is 11.2.